The van der Waals surface area contributed by atoms with Crippen LogP contribution in [0, 0.1) is 12.8 Å². The van der Waals surface area contributed by atoms with Gasteiger partial charge in [0.1, 0.15) is 0 Å². The molecule has 1 N–H and O–H groups in total. The zero-order valence-corrected chi connectivity index (χ0v) is 10.0. The monoisotopic (exact) mass is 223 g/mol. The van der Waals surface area contributed by atoms with Gasteiger partial charge in [-0.3, -0.25) is 0 Å². The molecule has 0 amide bonds. The molecule has 1 saturated carbocycles. The van der Waals surface area contributed by atoms with Crippen LogP contribution in [0.15, 0.2) is 4.52 Å². The van der Waals surface area contributed by atoms with Crippen molar-refractivity contribution in [1.82, 2.24) is 15.5 Å². The van der Waals surface area contributed by atoms with Crippen molar-refractivity contribution in [3.8, 4) is 0 Å². The summed E-state index contributed by atoms with van der Waals surface area (Å²) in [4.78, 5) is 4.17. The first-order valence-corrected chi connectivity index (χ1v) is 6.34. The van der Waals surface area contributed by atoms with Crippen molar-refractivity contribution in [3.63, 3.8) is 0 Å². The Hall–Kier alpha value is -0.900. The third-order valence-corrected chi connectivity index (χ3v) is 3.25. The van der Waals surface area contributed by atoms with Crippen molar-refractivity contribution in [3.05, 3.63) is 11.7 Å². The zero-order chi connectivity index (χ0) is 11.2. The van der Waals surface area contributed by atoms with E-state index in [1.165, 1.54) is 38.5 Å². The molecule has 1 aliphatic carbocycles. The topological polar surface area (TPSA) is 51.0 Å². The number of hydrogen-bond donors (Lipinski definition) is 1. The van der Waals surface area contributed by atoms with Crippen LogP contribution in [0.3, 0.4) is 0 Å². The second-order valence-corrected chi connectivity index (χ2v) is 4.72. The van der Waals surface area contributed by atoms with E-state index in [1.54, 1.807) is 0 Å². The fourth-order valence-corrected chi connectivity index (χ4v) is 2.36. The van der Waals surface area contributed by atoms with Crippen LogP contribution >= 0.6 is 0 Å². The molecule has 2 rings (SSSR count). The first kappa shape index (κ1) is 11.6. The van der Waals surface area contributed by atoms with E-state index in [4.69, 9.17) is 4.52 Å². The Balaban J connectivity index is 1.67. The SMILES string of the molecule is Cc1noc(CNCC2CCCCCC2)n1. The molecule has 1 aromatic rings. The Kier molecular flexibility index (Phi) is 4.34. The van der Waals surface area contributed by atoms with Crippen LogP contribution in [0.25, 0.3) is 0 Å². The zero-order valence-electron chi connectivity index (χ0n) is 10.0. The van der Waals surface area contributed by atoms with Crippen LogP contribution in [0.5, 0.6) is 0 Å². The lowest BCUT2D eigenvalue weighted by Gasteiger charge is -2.13. The predicted octanol–water partition coefficient (Wildman–Crippen LogP) is 2.44. The van der Waals surface area contributed by atoms with Gasteiger partial charge in [-0.15, -0.1) is 0 Å². The Morgan fingerprint density at radius 2 is 2.00 bits per heavy atom. The first-order valence-electron chi connectivity index (χ1n) is 6.34. The molecule has 4 heteroatoms. The summed E-state index contributed by atoms with van der Waals surface area (Å²) in [5.41, 5.74) is 0. The van der Waals surface area contributed by atoms with Gasteiger partial charge in [-0.1, -0.05) is 30.8 Å². The maximum Gasteiger partial charge on any atom is 0.240 e. The Morgan fingerprint density at radius 3 is 2.62 bits per heavy atom. The molecule has 4 nitrogen and oxygen atoms in total. The summed E-state index contributed by atoms with van der Waals surface area (Å²) >= 11 is 0. The molecule has 0 saturated heterocycles. The van der Waals surface area contributed by atoms with Gasteiger partial charge in [-0.05, 0) is 32.2 Å². The van der Waals surface area contributed by atoms with E-state index < -0.39 is 0 Å². The highest BCUT2D eigenvalue weighted by molar-refractivity contribution is 4.82. The Bertz CT molecular complexity index is 303. The second kappa shape index (κ2) is 5.99. The van der Waals surface area contributed by atoms with Crippen molar-refractivity contribution in [2.45, 2.75) is 52.0 Å². The summed E-state index contributed by atoms with van der Waals surface area (Å²) in [5.74, 6) is 2.25. The number of nitrogens with one attached hydrogen (secondary N) is 1. The molecule has 1 heterocycles. The van der Waals surface area contributed by atoms with E-state index in [0.717, 1.165) is 12.5 Å². The lowest BCUT2D eigenvalue weighted by atomic mass is 10.0. The molecule has 0 unspecified atom stereocenters. The van der Waals surface area contributed by atoms with Gasteiger partial charge in [-0.25, -0.2) is 0 Å². The maximum absolute atomic E-state index is 5.05. The number of hydrogen-bond acceptors (Lipinski definition) is 4. The minimum Gasteiger partial charge on any atom is -0.338 e. The lowest BCUT2D eigenvalue weighted by molar-refractivity contribution is 0.351. The highest BCUT2D eigenvalue weighted by Gasteiger charge is 2.12. The second-order valence-electron chi connectivity index (χ2n) is 4.72. The highest BCUT2D eigenvalue weighted by Crippen LogP contribution is 2.22. The Morgan fingerprint density at radius 1 is 1.25 bits per heavy atom. The van der Waals surface area contributed by atoms with Crippen molar-refractivity contribution in [1.29, 1.82) is 0 Å². The van der Waals surface area contributed by atoms with Crippen LogP contribution in [-0.2, 0) is 6.54 Å². The summed E-state index contributed by atoms with van der Waals surface area (Å²) in [6, 6.07) is 0. The van der Waals surface area contributed by atoms with Crippen LogP contribution in [0.4, 0.5) is 0 Å². The lowest BCUT2D eigenvalue weighted by Crippen LogP contribution is -2.22. The van der Waals surface area contributed by atoms with E-state index in [0.29, 0.717) is 18.3 Å². The van der Waals surface area contributed by atoms with E-state index >= 15 is 0 Å². The van der Waals surface area contributed by atoms with Gasteiger partial charge in [0.25, 0.3) is 0 Å². The molecular weight excluding hydrogens is 202 g/mol. The maximum atomic E-state index is 5.05. The van der Waals surface area contributed by atoms with Crippen LogP contribution < -0.4 is 5.32 Å². The fourth-order valence-electron chi connectivity index (χ4n) is 2.36. The first-order chi connectivity index (χ1) is 7.84. The highest BCUT2D eigenvalue weighted by atomic mass is 16.5. The van der Waals surface area contributed by atoms with Gasteiger partial charge < -0.3 is 9.84 Å². The van der Waals surface area contributed by atoms with Gasteiger partial charge in [-0.2, -0.15) is 4.98 Å². The largest absolute Gasteiger partial charge is 0.338 e. The van der Waals surface area contributed by atoms with Crippen molar-refractivity contribution in [2.24, 2.45) is 5.92 Å². The molecule has 16 heavy (non-hydrogen) atoms. The average molecular weight is 223 g/mol. The van der Waals surface area contributed by atoms with Crippen molar-refractivity contribution >= 4 is 0 Å². The molecule has 0 bridgehead atoms. The van der Waals surface area contributed by atoms with Gasteiger partial charge in [0, 0.05) is 0 Å². The fraction of sp³-hybridized carbons (Fsp3) is 0.833. The normalized spacial score (nSPS) is 18.6. The third kappa shape index (κ3) is 3.59. The molecule has 0 radical (unpaired) electrons. The van der Waals surface area contributed by atoms with E-state index in [-0.39, 0.29) is 0 Å². The average Bonchev–Trinajstić information content (AvgIpc) is 2.54. The molecule has 0 atom stereocenters. The molecule has 90 valence electrons. The van der Waals surface area contributed by atoms with Crippen molar-refractivity contribution in [2.75, 3.05) is 6.54 Å². The summed E-state index contributed by atoms with van der Waals surface area (Å²) < 4.78 is 5.05. The minimum atomic E-state index is 0.700. The van der Waals surface area contributed by atoms with Gasteiger partial charge in [0.15, 0.2) is 5.82 Å². The smallest absolute Gasteiger partial charge is 0.240 e. The predicted molar refractivity (Wildman–Crippen MR) is 61.9 cm³/mol. The van der Waals surface area contributed by atoms with Crippen LogP contribution in [0.2, 0.25) is 0 Å². The summed E-state index contributed by atoms with van der Waals surface area (Å²) in [6.07, 6.45) is 8.36. The molecule has 1 fully saturated rings. The van der Waals surface area contributed by atoms with Crippen LogP contribution in [-0.4, -0.2) is 16.7 Å². The standard InChI is InChI=1S/C12H21N3O/c1-10-14-12(16-15-10)9-13-8-11-6-4-2-3-5-7-11/h11,13H,2-9H2,1H3. The molecular formula is C12H21N3O. The van der Waals surface area contributed by atoms with E-state index in [9.17, 15) is 0 Å². The molecule has 0 aliphatic heterocycles. The minimum absolute atomic E-state index is 0.700. The summed E-state index contributed by atoms with van der Waals surface area (Å²) in [7, 11) is 0. The number of nitrogens with zero attached hydrogens (tertiary/aromatic N) is 2. The summed E-state index contributed by atoms with van der Waals surface area (Å²) in [6.45, 7) is 3.64. The van der Waals surface area contributed by atoms with Crippen molar-refractivity contribution < 1.29 is 4.52 Å². The third-order valence-electron chi connectivity index (χ3n) is 3.25. The van der Waals surface area contributed by atoms with E-state index in [1.807, 2.05) is 6.92 Å². The number of aryl methyl sites for hydroxylation is 1. The molecule has 0 spiro atoms. The Labute approximate surface area is 96.8 Å². The molecule has 1 aliphatic rings. The quantitative estimate of drug-likeness (QED) is 0.796. The van der Waals surface area contributed by atoms with E-state index in [2.05, 4.69) is 15.5 Å². The van der Waals surface area contributed by atoms with Gasteiger partial charge in [0.05, 0.1) is 6.54 Å². The molecule has 1 aromatic heterocycles. The van der Waals surface area contributed by atoms with Gasteiger partial charge >= 0.3 is 0 Å². The number of rotatable bonds is 4. The summed E-state index contributed by atoms with van der Waals surface area (Å²) in [5, 5.41) is 7.19. The van der Waals surface area contributed by atoms with Crippen LogP contribution in [0.1, 0.15) is 50.2 Å². The molecule has 0 aromatic carbocycles. The van der Waals surface area contributed by atoms with Gasteiger partial charge in [0.2, 0.25) is 5.89 Å². The number of aromatic nitrogens is 2.